The van der Waals surface area contributed by atoms with E-state index in [0.29, 0.717) is 36.2 Å². The lowest BCUT2D eigenvalue weighted by molar-refractivity contribution is 0.0954. The molecule has 7 nitrogen and oxygen atoms in total. The van der Waals surface area contributed by atoms with Gasteiger partial charge in [0.05, 0.1) is 22.5 Å². The molecule has 2 amide bonds. The van der Waals surface area contributed by atoms with Crippen molar-refractivity contribution < 1.29 is 19.4 Å². The van der Waals surface area contributed by atoms with E-state index < -0.39 is 5.91 Å². The van der Waals surface area contributed by atoms with Gasteiger partial charge in [-0.05, 0) is 92.6 Å². The minimum Gasteiger partial charge on any atom is -0.504 e. The number of amides is 2. The van der Waals surface area contributed by atoms with Crippen LogP contribution in [0.25, 0.3) is 0 Å². The summed E-state index contributed by atoms with van der Waals surface area (Å²) in [6, 6.07) is 16.9. The maximum atomic E-state index is 12.4. The molecule has 0 atom stereocenters. The molecule has 0 saturated heterocycles. The highest BCUT2D eigenvalue weighted by molar-refractivity contribution is 14.1. The van der Waals surface area contributed by atoms with E-state index in [9.17, 15) is 14.7 Å². The van der Waals surface area contributed by atoms with Gasteiger partial charge in [0.15, 0.2) is 11.5 Å². The van der Waals surface area contributed by atoms with Gasteiger partial charge < -0.3 is 15.2 Å². The van der Waals surface area contributed by atoms with Crippen molar-refractivity contribution in [3.8, 4) is 11.5 Å². The molecule has 3 N–H and O–H groups in total. The number of hydrazone groups is 1. The molecule has 0 heterocycles. The molecule has 0 aliphatic carbocycles. The zero-order valence-electron chi connectivity index (χ0n) is 16.2. The Hall–Kier alpha value is -2.92. The molecule has 0 spiro atoms. The minimum atomic E-state index is -0.402. The first-order valence-electron chi connectivity index (χ1n) is 8.95. The van der Waals surface area contributed by atoms with E-state index >= 15 is 0 Å². The lowest BCUT2D eigenvalue weighted by Crippen LogP contribution is -2.18. The number of methoxy groups -OCH3 is 1. The Labute approximate surface area is 200 Å². The molecule has 0 unspecified atom stereocenters. The van der Waals surface area contributed by atoms with Crippen molar-refractivity contribution in [1.29, 1.82) is 0 Å². The van der Waals surface area contributed by atoms with Crippen LogP contribution in [-0.2, 0) is 0 Å². The number of hydrogen-bond donors (Lipinski definition) is 3. The third-order valence-electron chi connectivity index (χ3n) is 4.17. The molecule has 0 aliphatic heterocycles. The third-order valence-corrected chi connectivity index (χ3v) is 5.69. The van der Waals surface area contributed by atoms with E-state index in [0.717, 1.165) is 0 Å². The van der Waals surface area contributed by atoms with Crippen molar-refractivity contribution in [3.05, 3.63) is 85.4 Å². The maximum Gasteiger partial charge on any atom is 0.271 e. The van der Waals surface area contributed by atoms with Gasteiger partial charge in [-0.15, -0.1) is 0 Å². The first kappa shape index (κ1) is 22.8. The van der Waals surface area contributed by atoms with Gasteiger partial charge in [-0.2, -0.15) is 5.10 Å². The Morgan fingerprint density at radius 1 is 1.10 bits per heavy atom. The van der Waals surface area contributed by atoms with Crippen molar-refractivity contribution in [3.63, 3.8) is 0 Å². The van der Waals surface area contributed by atoms with Crippen molar-refractivity contribution in [1.82, 2.24) is 5.43 Å². The number of halogens is 2. The molecule has 0 fully saturated rings. The zero-order valence-corrected chi connectivity index (χ0v) is 20.0. The van der Waals surface area contributed by atoms with Gasteiger partial charge >= 0.3 is 0 Å². The standard InChI is InChI=1S/C22H17BrIN3O4/c1-31-19-11-13(10-18(24)20(19)28)12-25-27-21(29)14-6-8-15(9-7-14)26-22(30)16-4-2-3-5-17(16)23/h2-12,28H,1H3,(H,26,30)(H,27,29)/b25-12-. The summed E-state index contributed by atoms with van der Waals surface area (Å²) >= 11 is 5.33. The monoisotopic (exact) mass is 593 g/mol. The van der Waals surface area contributed by atoms with E-state index in [-0.39, 0.29) is 11.7 Å². The highest BCUT2D eigenvalue weighted by Gasteiger charge is 2.11. The fraction of sp³-hybridized carbons (Fsp3) is 0.0455. The average Bonchev–Trinajstić information content (AvgIpc) is 2.76. The Balaban J connectivity index is 1.62. The second kappa shape index (κ2) is 10.4. The minimum absolute atomic E-state index is 0.0519. The van der Waals surface area contributed by atoms with Crippen LogP contribution in [0.1, 0.15) is 26.3 Å². The van der Waals surface area contributed by atoms with Crippen LogP contribution in [0.3, 0.4) is 0 Å². The van der Waals surface area contributed by atoms with E-state index in [4.69, 9.17) is 4.74 Å². The third kappa shape index (κ3) is 5.82. The Morgan fingerprint density at radius 2 is 1.81 bits per heavy atom. The topological polar surface area (TPSA) is 100 Å². The molecule has 0 saturated carbocycles. The highest BCUT2D eigenvalue weighted by Crippen LogP contribution is 2.31. The van der Waals surface area contributed by atoms with E-state index in [1.807, 2.05) is 28.7 Å². The van der Waals surface area contributed by atoms with Gasteiger partial charge in [0.1, 0.15) is 0 Å². The molecular formula is C22H17BrIN3O4. The summed E-state index contributed by atoms with van der Waals surface area (Å²) in [4.78, 5) is 24.6. The van der Waals surface area contributed by atoms with Crippen LogP contribution in [0.15, 0.2) is 70.2 Å². The maximum absolute atomic E-state index is 12.4. The molecule has 3 aromatic rings. The van der Waals surface area contributed by atoms with Crippen LogP contribution in [0, 0.1) is 3.57 Å². The number of phenols is 1. The summed E-state index contributed by atoms with van der Waals surface area (Å²) in [6.07, 6.45) is 1.45. The van der Waals surface area contributed by atoms with Crippen molar-refractivity contribution >= 4 is 62.2 Å². The van der Waals surface area contributed by atoms with Gasteiger partial charge in [0.25, 0.3) is 11.8 Å². The largest absolute Gasteiger partial charge is 0.504 e. The summed E-state index contributed by atoms with van der Waals surface area (Å²) < 4.78 is 6.40. The van der Waals surface area contributed by atoms with E-state index in [1.54, 1.807) is 54.6 Å². The second-order valence-electron chi connectivity index (χ2n) is 6.26. The summed E-state index contributed by atoms with van der Waals surface area (Å²) in [5.74, 6) is -0.287. The number of nitrogens with zero attached hydrogens (tertiary/aromatic N) is 1. The van der Waals surface area contributed by atoms with Gasteiger partial charge in [0.2, 0.25) is 0 Å². The number of nitrogens with one attached hydrogen (secondary N) is 2. The number of rotatable bonds is 6. The molecule has 3 rings (SSSR count). The van der Waals surface area contributed by atoms with Gasteiger partial charge in [-0.1, -0.05) is 12.1 Å². The predicted octanol–water partition coefficient (Wildman–Crippen LogP) is 4.78. The van der Waals surface area contributed by atoms with Crippen LogP contribution in [0.4, 0.5) is 5.69 Å². The molecule has 0 radical (unpaired) electrons. The van der Waals surface area contributed by atoms with Crippen LogP contribution in [0.5, 0.6) is 11.5 Å². The molecule has 0 bridgehead atoms. The summed E-state index contributed by atoms with van der Waals surface area (Å²) in [5, 5.41) is 16.6. The quantitative estimate of drug-likeness (QED) is 0.217. The molecule has 3 aromatic carbocycles. The van der Waals surface area contributed by atoms with Crippen molar-refractivity contribution in [2.24, 2.45) is 5.10 Å². The fourth-order valence-corrected chi connectivity index (χ4v) is 3.69. The fourth-order valence-electron chi connectivity index (χ4n) is 2.60. The van der Waals surface area contributed by atoms with Gasteiger partial charge in [-0.3, -0.25) is 9.59 Å². The Bertz CT molecular complexity index is 1150. The molecule has 158 valence electrons. The highest BCUT2D eigenvalue weighted by atomic mass is 127. The number of anilines is 1. The second-order valence-corrected chi connectivity index (χ2v) is 8.28. The first-order valence-corrected chi connectivity index (χ1v) is 10.8. The van der Waals surface area contributed by atoms with Crippen LogP contribution < -0.4 is 15.5 Å². The van der Waals surface area contributed by atoms with Crippen LogP contribution in [0.2, 0.25) is 0 Å². The number of hydrogen-bond acceptors (Lipinski definition) is 5. The van der Waals surface area contributed by atoms with E-state index in [2.05, 4.69) is 31.8 Å². The number of aromatic hydroxyl groups is 1. The molecule has 31 heavy (non-hydrogen) atoms. The van der Waals surface area contributed by atoms with Gasteiger partial charge in [-0.25, -0.2) is 5.43 Å². The number of ether oxygens (including phenoxy) is 1. The van der Waals surface area contributed by atoms with Crippen LogP contribution >= 0.6 is 38.5 Å². The predicted molar refractivity (Wildman–Crippen MR) is 131 cm³/mol. The SMILES string of the molecule is COc1cc(/C=N\NC(=O)c2ccc(NC(=O)c3ccccc3Br)cc2)cc(I)c1O. The first-order chi connectivity index (χ1) is 14.9. The summed E-state index contributed by atoms with van der Waals surface area (Å²) in [5.41, 5.74) is 4.56. The normalized spacial score (nSPS) is 10.7. The number of carbonyl (C=O) groups is 2. The lowest BCUT2D eigenvalue weighted by atomic mass is 10.1. The number of benzene rings is 3. The molecular weight excluding hydrogens is 577 g/mol. The zero-order chi connectivity index (χ0) is 22.4. The lowest BCUT2D eigenvalue weighted by Gasteiger charge is -2.08. The van der Waals surface area contributed by atoms with Crippen molar-refractivity contribution in [2.75, 3.05) is 12.4 Å². The van der Waals surface area contributed by atoms with Crippen molar-refractivity contribution in [2.45, 2.75) is 0 Å². The summed E-state index contributed by atoms with van der Waals surface area (Å²) in [6.45, 7) is 0. The molecule has 0 aromatic heterocycles. The Morgan fingerprint density at radius 3 is 2.48 bits per heavy atom. The molecule has 9 heteroatoms. The number of phenolic OH excluding ortho intramolecular Hbond substituents is 1. The molecule has 0 aliphatic rings. The average molecular weight is 594 g/mol. The summed E-state index contributed by atoms with van der Waals surface area (Å²) in [7, 11) is 1.46. The number of carbonyl (C=O) groups excluding carboxylic acids is 2. The van der Waals surface area contributed by atoms with Gasteiger partial charge in [0, 0.05) is 15.7 Å². The van der Waals surface area contributed by atoms with E-state index in [1.165, 1.54) is 13.3 Å². The Kier molecular flexibility index (Phi) is 7.64. The smallest absolute Gasteiger partial charge is 0.271 e. The van der Waals surface area contributed by atoms with Crippen LogP contribution in [-0.4, -0.2) is 30.2 Å².